The SMILES string of the molecule is Cc1cccc(C)c1CN1C[C@@H]2[C@H](CN(C)C)[C@H]3CC[C@]2(C1)O3. The molecule has 1 spiro atoms. The summed E-state index contributed by atoms with van der Waals surface area (Å²) in [5.74, 6) is 1.45. The van der Waals surface area contributed by atoms with Crippen molar-refractivity contribution in [3.63, 3.8) is 0 Å². The molecule has 3 fully saturated rings. The van der Waals surface area contributed by atoms with Crippen LogP contribution in [0, 0.1) is 25.7 Å². The molecular formula is C20H30N2O. The molecule has 3 aliphatic rings. The first-order valence-corrected chi connectivity index (χ1v) is 9.08. The van der Waals surface area contributed by atoms with E-state index in [1.54, 1.807) is 0 Å². The third-order valence-electron chi connectivity index (χ3n) is 6.46. The van der Waals surface area contributed by atoms with Crippen LogP contribution in [0.2, 0.25) is 0 Å². The highest BCUT2D eigenvalue weighted by Crippen LogP contribution is 2.55. The Kier molecular flexibility index (Phi) is 3.79. The number of hydrogen-bond donors (Lipinski definition) is 0. The molecule has 3 heterocycles. The van der Waals surface area contributed by atoms with Crippen LogP contribution in [-0.2, 0) is 11.3 Å². The molecule has 1 aromatic rings. The summed E-state index contributed by atoms with van der Waals surface area (Å²) in [6, 6.07) is 6.66. The lowest BCUT2D eigenvalue weighted by Gasteiger charge is -2.31. The van der Waals surface area contributed by atoms with E-state index in [9.17, 15) is 0 Å². The van der Waals surface area contributed by atoms with Gasteiger partial charge in [-0.15, -0.1) is 0 Å². The number of hydrogen-bond acceptors (Lipinski definition) is 3. The first-order chi connectivity index (χ1) is 11.0. The second-order valence-electron chi connectivity index (χ2n) is 8.33. The fourth-order valence-corrected chi connectivity index (χ4v) is 5.39. The highest BCUT2D eigenvalue weighted by molar-refractivity contribution is 5.33. The summed E-state index contributed by atoms with van der Waals surface area (Å²) in [5.41, 5.74) is 4.54. The minimum Gasteiger partial charge on any atom is -0.370 e. The Hall–Kier alpha value is -0.900. The van der Waals surface area contributed by atoms with Gasteiger partial charge in [0.15, 0.2) is 0 Å². The van der Waals surface area contributed by atoms with Gasteiger partial charge in [-0.25, -0.2) is 0 Å². The van der Waals surface area contributed by atoms with Gasteiger partial charge in [-0.3, -0.25) is 4.90 Å². The maximum absolute atomic E-state index is 6.56. The summed E-state index contributed by atoms with van der Waals surface area (Å²) < 4.78 is 6.56. The average Bonchev–Trinajstić information content (AvgIpc) is 3.12. The molecule has 23 heavy (non-hydrogen) atoms. The topological polar surface area (TPSA) is 15.7 Å². The highest BCUT2D eigenvalue weighted by Gasteiger charge is 2.62. The van der Waals surface area contributed by atoms with Gasteiger partial charge in [0, 0.05) is 38.0 Å². The van der Waals surface area contributed by atoms with Gasteiger partial charge in [-0.1, -0.05) is 18.2 Å². The molecule has 1 aromatic carbocycles. The molecule has 0 aliphatic carbocycles. The van der Waals surface area contributed by atoms with Crippen molar-refractivity contribution in [2.45, 2.75) is 44.9 Å². The predicted molar refractivity (Wildman–Crippen MR) is 93.6 cm³/mol. The summed E-state index contributed by atoms with van der Waals surface area (Å²) in [4.78, 5) is 5.00. The predicted octanol–water partition coefficient (Wildman–Crippen LogP) is 2.84. The Morgan fingerprint density at radius 2 is 2.00 bits per heavy atom. The summed E-state index contributed by atoms with van der Waals surface area (Å²) in [7, 11) is 4.39. The van der Waals surface area contributed by atoms with E-state index in [2.05, 4.69) is 55.9 Å². The number of ether oxygens (including phenoxy) is 1. The standard InChI is InChI=1S/C20H30N2O/c1-14-6-5-7-15(2)16(14)11-22-12-18-17(10-21(3)4)19-8-9-20(18,13-22)23-19/h5-7,17-19H,8-13H2,1-4H3/t17-,18+,19+,20+/m0/s1. The summed E-state index contributed by atoms with van der Waals surface area (Å²) in [5, 5.41) is 0. The molecule has 3 saturated heterocycles. The number of nitrogens with zero attached hydrogens (tertiary/aromatic N) is 2. The molecule has 126 valence electrons. The lowest BCUT2D eigenvalue weighted by molar-refractivity contribution is 0.00142. The Morgan fingerprint density at radius 3 is 2.70 bits per heavy atom. The van der Waals surface area contributed by atoms with E-state index in [1.807, 2.05) is 0 Å². The van der Waals surface area contributed by atoms with E-state index in [4.69, 9.17) is 4.74 Å². The number of likely N-dealkylation sites (tertiary alicyclic amines) is 1. The second-order valence-corrected chi connectivity index (χ2v) is 8.33. The molecule has 0 aromatic heterocycles. The number of aryl methyl sites for hydroxylation is 2. The first kappa shape index (κ1) is 15.6. The Balaban J connectivity index is 1.52. The fourth-order valence-electron chi connectivity index (χ4n) is 5.39. The van der Waals surface area contributed by atoms with E-state index in [0.717, 1.165) is 24.9 Å². The molecule has 4 rings (SSSR count). The molecule has 3 aliphatic heterocycles. The number of benzene rings is 1. The highest BCUT2D eigenvalue weighted by atomic mass is 16.5. The largest absolute Gasteiger partial charge is 0.370 e. The molecule has 2 bridgehead atoms. The van der Waals surface area contributed by atoms with E-state index >= 15 is 0 Å². The molecule has 0 unspecified atom stereocenters. The van der Waals surface area contributed by atoms with Gasteiger partial charge in [-0.2, -0.15) is 0 Å². The summed E-state index contributed by atoms with van der Waals surface area (Å²) in [6.07, 6.45) is 3.06. The molecule has 3 nitrogen and oxygen atoms in total. The van der Waals surface area contributed by atoms with Crippen molar-refractivity contribution >= 4 is 0 Å². The van der Waals surface area contributed by atoms with Crippen LogP contribution in [0.25, 0.3) is 0 Å². The lowest BCUT2D eigenvalue weighted by atomic mass is 9.73. The van der Waals surface area contributed by atoms with Gasteiger partial charge in [0.25, 0.3) is 0 Å². The minimum absolute atomic E-state index is 0.169. The van der Waals surface area contributed by atoms with Crippen molar-refractivity contribution in [2.24, 2.45) is 11.8 Å². The summed E-state index contributed by atoms with van der Waals surface area (Å²) >= 11 is 0. The van der Waals surface area contributed by atoms with E-state index in [-0.39, 0.29) is 5.60 Å². The molecule has 4 atom stereocenters. The van der Waals surface area contributed by atoms with E-state index in [1.165, 1.54) is 42.6 Å². The Bertz CT molecular complexity index is 579. The Morgan fingerprint density at radius 1 is 1.26 bits per heavy atom. The van der Waals surface area contributed by atoms with Crippen molar-refractivity contribution < 1.29 is 4.74 Å². The van der Waals surface area contributed by atoms with Crippen LogP contribution >= 0.6 is 0 Å². The van der Waals surface area contributed by atoms with Crippen molar-refractivity contribution in [3.05, 3.63) is 34.9 Å². The molecule has 0 amide bonds. The zero-order valence-electron chi connectivity index (χ0n) is 15.0. The van der Waals surface area contributed by atoms with Gasteiger partial charge in [0.2, 0.25) is 0 Å². The normalized spacial score (nSPS) is 36.1. The van der Waals surface area contributed by atoms with Crippen LogP contribution < -0.4 is 0 Å². The van der Waals surface area contributed by atoms with Gasteiger partial charge in [0.1, 0.15) is 0 Å². The van der Waals surface area contributed by atoms with Gasteiger partial charge < -0.3 is 9.64 Å². The molecule has 0 radical (unpaired) electrons. The smallest absolute Gasteiger partial charge is 0.0858 e. The van der Waals surface area contributed by atoms with E-state index < -0.39 is 0 Å². The maximum Gasteiger partial charge on any atom is 0.0858 e. The lowest BCUT2D eigenvalue weighted by Crippen LogP contribution is -2.40. The third kappa shape index (κ3) is 2.54. The first-order valence-electron chi connectivity index (χ1n) is 9.08. The van der Waals surface area contributed by atoms with Crippen molar-refractivity contribution in [1.82, 2.24) is 9.80 Å². The zero-order valence-corrected chi connectivity index (χ0v) is 15.0. The summed E-state index contributed by atoms with van der Waals surface area (Å²) in [6.45, 7) is 9.09. The Labute approximate surface area is 140 Å². The van der Waals surface area contributed by atoms with Crippen LogP contribution in [0.4, 0.5) is 0 Å². The van der Waals surface area contributed by atoms with Crippen LogP contribution in [0.1, 0.15) is 29.5 Å². The quantitative estimate of drug-likeness (QED) is 0.850. The van der Waals surface area contributed by atoms with E-state index in [0.29, 0.717) is 6.10 Å². The second kappa shape index (κ2) is 5.58. The zero-order chi connectivity index (χ0) is 16.2. The number of fused-ring (bicyclic) bond motifs is 1. The molecule has 0 N–H and O–H groups in total. The van der Waals surface area contributed by atoms with Crippen LogP contribution in [0.3, 0.4) is 0 Å². The molecule has 3 heteroatoms. The average molecular weight is 314 g/mol. The molecule has 0 saturated carbocycles. The third-order valence-corrected chi connectivity index (χ3v) is 6.46. The van der Waals surface area contributed by atoms with Gasteiger partial charge in [0.05, 0.1) is 11.7 Å². The molecular weight excluding hydrogens is 284 g/mol. The number of rotatable bonds is 4. The van der Waals surface area contributed by atoms with Crippen molar-refractivity contribution in [3.8, 4) is 0 Å². The van der Waals surface area contributed by atoms with Crippen LogP contribution in [-0.4, -0.2) is 55.2 Å². The van der Waals surface area contributed by atoms with Gasteiger partial charge in [-0.05, 0) is 57.5 Å². The monoisotopic (exact) mass is 314 g/mol. The minimum atomic E-state index is 0.169. The fraction of sp³-hybridized carbons (Fsp3) is 0.700. The van der Waals surface area contributed by atoms with Crippen molar-refractivity contribution in [1.29, 1.82) is 0 Å². The van der Waals surface area contributed by atoms with Gasteiger partial charge >= 0.3 is 0 Å². The maximum atomic E-state index is 6.56. The van der Waals surface area contributed by atoms with Crippen LogP contribution in [0.15, 0.2) is 18.2 Å². The van der Waals surface area contributed by atoms with Crippen molar-refractivity contribution in [2.75, 3.05) is 33.7 Å². The van der Waals surface area contributed by atoms with Crippen LogP contribution in [0.5, 0.6) is 0 Å².